The molecule has 0 fully saturated rings. The van der Waals surface area contributed by atoms with Crippen molar-refractivity contribution >= 4 is 5.97 Å². The number of benzene rings is 1. The Kier molecular flexibility index (Phi) is 5.75. The molecule has 0 aliphatic carbocycles. The molecule has 1 atom stereocenters. The molecular formula is C14H17NO3. The molecule has 0 aromatic heterocycles. The van der Waals surface area contributed by atoms with Gasteiger partial charge in [0.15, 0.2) is 0 Å². The number of para-hydroxylation sites is 1. The van der Waals surface area contributed by atoms with E-state index in [1.807, 2.05) is 18.2 Å². The van der Waals surface area contributed by atoms with E-state index in [0.717, 1.165) is 0 Å². The molecule has 4 nitrogen and oxygen atoms in total. The summed E-state index contributed by atoms with van der Waals surface area (Å²) in [7, 11) is 1.56. The first-order valence-electron chi connectivity index (χ1n) is 5.71. The van der Waals surface area contributed by atoms with Crippen LogP contribution in [-0.4, -0.2) is 26.2 Å². The maximum absolute atomic E-state index is 11.9. The number of rotatable bonds is 6. The fraction of sp³-hybridized carbons (Fsp3) is 0.357. The molecule has 4 heteroatoms. The average molecular weight is 247 g/mol. The number of esters is 1. The predicted molar refractivity (Wildman–Crippen MR) is 69.2 cm³/mol. The van der Waals surface area contributed by atoms with Gasteiger partial charge >= 0.3 is 5.97 Å². The lowest BCUT2D eigenvalue weighted by molar-refractivity contribution is -0.145. The van der Waals surface area contributed by atoms with Crippen molar-refractivity contribution in [2.45, 2.75) is 13.0 Å². The molecule has 0 spiro atoms. The van der Waals surface area contributed by atoms with E-state index < -0.39 is 6.04 Å². The molecule has 0 aliphatic rings. The minimum atomic E-state index is -0.614. The van der Waals surface area contributed by atoms with Crippen molar-refractivity contribution in [2.75, 3.05) is 20.3 Å². The number of hydrogen-bond donors (Lipinski definition) is 1. The van der Waals surface area contributed by atoms with Gasteiger partial charge in [-0.1, -0.05) is 24.1 Å². The average Bonchev–Trinajstić information content (AvgIpc) is 2.40. The lowest BCUT2D eigenvalue weighted by Gasteiger charge is -2.18. The van der Waals surface area contributed by atoms with Gasteiger partial charge < -0.3 is 9.47 Å². The van der Waals surface area contributed by atoms with Crippen molar-refractivity contribution in [3.8, 4) is 18.1 Å². The number of carbonyl (C=O) groups excluding carboxylic acids is 1. The Balaban J connectivity index is 3.01. The maximum atomic E-state index is 11.9. The summed E-state index contributed by atoms with van der Waals surface area (Å²) in [4.78, 5) is 11.9. The summed E-state index contributed by atoms with van der Waals surface area (Å²) < 4.78 is 10.3. The Hall–Kier alpha value is -1.99. The number of hydrogen-bond acceptors (Lipinski definition) is 4. The number of ether oxygens (including phenoxy) is 2. The van der Waals surface area contributed by atoms with E-state index in [1.54, 1.807) is 20.1 Å². The molecule has 1 aromatic rings. The van der Waals surface area contributed by atoms with E-state index in [4.69, 9.17) is 15.9 Å². The third-order valence-electron chi connectivity index (χ3n) is 2.38. The molecule has 1 N–H and O–H groups in total. The quantitative estimate of drug-likeness (QED) is 0.611. The standard InChI is InChI=1S/C14H17NO3/c1-4-10-15-13(14(16)18-5-2)11-8-6-7-9-12(11)17-3/h1,6-9,13,15H,5,10H2,2-3H3. The van der Waals surface area contributed by atoms with Crippen LogP contribution in [0.25, 0.3) is 0 Å². The third-order valence-corrected chi connectivity index (χ3v) is 2.38. The molecule has 0 radical (unpaired) electrons. The third kappa shape index (κ3) is 3.51. The normalized spacial score (nSPS) is 11.4. The highest BCUT2D eigenvalue weighted by atomic mass is 16.5. The van der Waals surface area contributed by atoms with Crippen LogP contribution < -0.4 is 10.1 Å². The molecular weight excluding hydrogens is 230 g/mol. The molecule has 96 valence electrons. The SMILES string of the molecule is C#CCNC(C(=O)OCC)c1ccccc1OC. The highest BCUT2D eigenvalue weighted by molar-refractivity contribution is 5.78. The van der Waals surface area contributed by atoms with Gasteiger partial charge in [0, 0.05) is 5.56 Å². The first-order chi connectivity index (χ1) is 8.74. The van der Waals surface area contributed by atoms with Crippen molar-refractivity contribution < 1.29 is 14.3 Å². The summed E-state index contributed by atoms with van der Waals surface area (Å²) in [6, 6.07) is 6.66. The summed E-state index contributed by atoms with van der Waals surface area (Å²) in [5.41, 5.74) is 0.716. The highest BCUT2D eigenvalue weighted by Gasteiger charge is 2.23. The molecule has 1 unspecified atom stereocenters. The van der Waals surface area contributed by atoms with Crippen LogP contribution in [0.5, 0.6) is 5.75 Å². The topological polar surface area (TPSA) is 47.6 Å². The van der Waals surface area contributed by atoms with E-state index >= 15 is 0 Å². The zero-order valence-electron chi connectivity index (χ0n) is 10.6. The van der Waals surface area contributed by atoms with Gasteiger partial charge in [-0.05, 0) is 13.0 Å². The summed E-state index contributed by atoms with van der Waals surface area (Å²) in [5.74, 6) is 2.70. The van der Waals surface area contributed by atoms with Crippen molar-refractivity contribution in [2.24, 2.45) is 0 Å². The number of carbonyl (C=O) groups is 1. The summed E-state index contributed by atoms with van der Waals surface area (Å²) in [5, 5.41) is 2.95. The number of terminal acetylenes is 1. The van der Waals surface area contributed by atoms with Crippen molar-refractivity contribution in [3.05, 3.63) is 29.8 Å². The van der Waals surface area contributed by atoms with E-state index in [-0.39, 0.29) is 12.5 Å². The van der Waals surface area contributed by atoms with Crippen LogP contribution in [0.2, 0.25) is 0 Å². The van der Waals surface area contributed by atoms with Crippen molar-refractivity contribution in [1.29, 1.82) is 0 Å². The van der Waals surface area contributed by atoms with Gasteiger partial charge in [-0.25, -0.2) is 4.79 Å². The van der Waals surface area contributed by atoms with Gasteiger partial charge in [0.25, 0.3) is 0 Å². The van der Waals surface area contributed by atoms with Crippen molar-refractivity contribution in [3.63, 3.8) is 0 Å². The Labute approximate surface area is 107 Å². The van der Waals surface area contributed by atoms with Gasteiger partial charge in [0.2, 0.25) is 0 Å². The van der Waals surface area contributed by atoms with Gasteiger partial charge in [0.1, 0.15) is 11.8 Å². The minimum absolute atomic E-state index is 0.279. The second kappa shape index (κ2) is 7.36. The molecule has 0 saturated heterocycles. The fourth-order valence-electron chi connectivity index (χ4n) is 1.61. The molecule has 18 heavy (non-hydrogen) atoms. The molecule has 0 saturated carbocycles. The Morgan fingerprint density at radius 3 is 2.83 bits per heavy atom. The molecule has 0 heterocycles. The van der Waals surface area contributed by atoms with Gasteiger partial charge in [0.05, 0.1) is 20.3 Å². The van der Waals surface area contributed by atoms with E-state index in [1.165, 1.54) is 0 Å². The van der Waals surface area contributed by atoms with Crippen LogP contribution in [-0.2, 0) is 9.53 Å². The van der Waals surface area contributed by atoms with Crippen LogP contribution in [0.3, 0.4) is 0 Å². The Morgan fingerprint density at radius 1 is 1.50 bits per heavy atom. The van der Waals surface area contributed by atoms with E-state index in [0.29, 0.717) is 17.9 Å². The largest absolute Gasteiger partial charge is 0.496 e. The first kappa shape index (κ1) is 14.1. The zero-order chi connectivity index (χ0) is 13.4. The van der Waals surface area contributed by atoms with Crippen molar-refractivity contribution in [1.82, 2.24) is 5.32 Å². The highest BCUT2D eigenvalue weighted by Crippen LogP contribution is 2.25. The van der Waals surface area contributed by atoms with Crippen LogP contribution in [0.1, 0.15) is 18.5 Å². The Morgan fingerprint density at radius 2 is 2.22 bits per heavy atom. The lowest BCUT2D eigenvalue weighted by atomic mass is 10.1. The summed E-state index contributed by atoms with van der Waals surface area (Å²) >= 11 is 0. The second-order valence-corrected chi connectivity index (χ2v) is 3.51. The van der Waals surface area contributed by atoms with Gasteiger partial charge in [-0.3, -0.25) is 5.32 Å². The first-order valence-corrected chi connectivity index (χ1v) is 5.71. The van der Waals surface area contributed by atoms with Crippen LogP contribution in [0.4, 0.5) is 0 Å². The molecule has 0 bridgehead atoms. The lowest BCUT2D eigenvalue weighted by Crippen LogP contribution is -2.30. The molecule has 0 aliphatic heterocycles. The monoisotopic (exact) mass is 247 g/mol. The fourth-order valence-corrected chi connectivity index (χ4v) is 1.61. The van der Waals surface area contributed by atoms with Crippen LogP contribution in [0.15, 0.2) is 24.3 Å². The molecule has 1 aromatic carbocycles. The summed E-state index contributed by atoms with van der Waals surface area (Å²) in [6.07, 6.45) is 5.20. The molecule has 0 amide bonds. The number of methoxy groups -OCH3 is 1. The predicted octanol–water partition coefficient (Wildman–Crippen LogP) is 1.52. The van der Waals surface area contributed by atoms with Crippen LogP contribution in [0, 0.1) is 12.3 Å². The van der Waals surface area contributed by atoms with E-state index in [2.05, 4.69) is 11.2 Å². The minimum Gasteiger partial charge on any atom is -0.496 e. The Bertz CT molecular complexity index is 437. The smallest absolute Gasteiger partial charge is 0.327 e. The molecule has 1 rings (SSSR count). The summed E-state index contributed by atoms with van der Waals surface area (Å²) in [6.45, 7) is 2.36. The van der Waals surface area contributed by atoms with Crippen LogP contribution >= 0.6 is 0 Å². The maximum Gasteiger partial charge on any atom is 0.327 e. The van der Waals surface area contributed by atoms with Gasteiger partial charge in [-0.15, -0.1) is 6.42 Å². The zero-order valence-corrected chi connectivity index (χ0v) is 10.6. The van der Waals surface area contributed by atoms with Gasteiger partial charge in [-0.2, -0.15) is 0 Å². The van der Waals surface area contributed by atoms with E-state index in [9.17, 15) is 4.79 Å². The second-order valence-electron chi connectivity index (χ2n) is 3.51. The number of nitrogens with one attached hydrogen (secondary N) is 1.